The Morgan fingerprint density at radius 2 is 1.03 bits per heavy atom. The van der Waals surface area contributed by atoms with Gasteiger partial charge in [-0.05, 0) is 57.9 Å². The van der Waals surface area contributed by atoms with Gasteiger partial charge in [0.1, 0.15) is 0 Å². The minimum atomic E-state index is -4.38. The van der Waals surface area contributed by atoms with Crippen LogP contribution in [-0.4, -0.2) is 28.0 Å². The predicted molar refractivity (Wildman–Crippen MR) is 119 cm³/mol. The maximum Gasteiger partial charge on any atom is 0.501 e. The van der Waals surface area contributed by atoms with Crippen molar-refractivity contribution < 1.29 is 36.4 Å². The van der Waals surface area contributed by atoms with E-state index < -0.39 is 27.1 Å². The van der Waals surface area contributed by atoms with Crippen molar-refractivity contribution in [2.24, 2.45) is 0 Å². The highest BCUT2D eigenvalue weighted by Crippen LogP contribution is 2.48. The number of rotatable bonds is 2. The van der Waals surface area contributed by atoms with Crippen molar-refractivity contribution in [1.82, 2.24) is 0 Å². The summed E-state index contributed by atoms with van der Waals surface area (Å²) in [6, 6.07) is 15.9. The molecule has 5 rings (SSSR count). The van der Waals surface area contributed by atoms with Crippen LogP contribution in [0.2, 0.25) is 0 Å². The SMILES string of the molecule is O=S1(=O)Oc2ccc3cc(P(O)O)ccc3c2-c2c(ccc3cc(P(O)O)ccc23)O1. The third-order valence-electron chi connectivity index (χ3n) is 5.03. The number of hydrogen-bond acceptors (Lipinski definition) is 8. The van der Waals surface area contributed by atoms with Crippen molar-refractivity contribution in [2.75, 3.05) is 0 Å². The molecule has 0 saturated carbocycles. The van der Waals surface area contributed by atoms with Crippen molar-refractivity contribution in [3.8, 4) is 22.6 Å². The molecule has 11 heteroatoms. The van der Waals surface area contributed by atoms with Gasteiger partial charge in [0.05, 0.1) is 0 Å². The zero-order valence-corrected chi connectivity index (χ0v) is 18.1. The van der Waals surface area contributed by atoms with Crippen molar-refractivity contribution in [1.29, 1.82) is 0 Å². The van der Waals surface area contributed by atoms with E-state index in [2.05, 4.69) is 0 Å². The van der Waals surface area contributed by atoms with Gasteiger partial charge >= 0.3 is 10.4 Å². The van der Waals surface area contributed by atoms with Crippen LogP contribution in [0.5, 0.6) is 11.5 Å². The minimum absolute atomic E-state index is 0.0670. The first-order valence-corrected chi connectivity index (χ1v) is 12.7. The van der Waals surface area contributed by atoms with Crippen LogP contribution < -0.4 is 19.0 Å². The Bertz CT molecular complexity index is 1360. The van der Waals surface area contributed by atoms with Crippen molar-refractivity contribution in [2.45, 2.75) is 0 Å². The fourth-order valence-electron chi connectivity index (χ4n) is 3.73. The van der Waals surface area contributed by atoms with E-state index in [9.17, 15) is 28.0 Å². The van der Waals surface area contributed by atoms with Crippen molar-refractivity contribution in [3.63, 3.8) is 0 Å². The van der Waals surface area contributed by atoms with Gasteiger partial charge in [-0.3, -0.25) is 0 Å². The van der Waals surface area contributed by atoms with E-state index in [1.165, 1.54) is 12.1 Å². The van der Waals surface area contributed by atoms with E-state index in [4.69, 9.17) is 8.37 Å². The van der Waals surface area contributed by atoms with Crippen LogP contribution in [0, 0.1) is 0 Å². The van der Waals surface area contributed by atoms with Gasteiger partial charge in [0.25, 0.3) is 0 Å². The monoisotopic (exact) mass is 476 g/mol. The fourth-order valence-corrected chi connectivity index (χ4v) is 5.41. The molecule has 0 aromatic heterocycles. The first kappa shape index (κ1) is 20.5. The average molecular weight is 476 g/mol. The molecule has 4 N–H and O–H groups in total. The molecule has 1 aliphatic heterocycles. The minimum Gasteiger partial charge on any atom is -0.352 e. The van der Waals surface area contributed by atoms with Crippen LogP contribution in [0.25, 0.3) is 32.7 Å². The molecule has 4 aromatic carbocycles. The highest BCUT2D eigenvalue weighted by Gasteiger charge is 2.29. The van der Waals surface area contributed by atoms with Crippen molar-refractivity contribution in [3.05, 3.63) is 60.7 Å². The third-order valence-corrected chi connectivity index (χ3v) is 7.27. The van der Waals surface area contributed by atoms with E-state index in [1.807, 2.05) is 0 Å². The van der Waals surface area contributed by atoms with E-state index in [0.717, 1.165) is 0 Å². The van der Waals surface area contributed by atoms with Crippen molar-refractivity contribution >= 4 is 59.3 Å². The molecule has 0 unspecified atom stereocenters. The Hall–Kier alpha value is -2.35. The van der Waals surface area contributed by atoms with Crippen LogP contribution in [0.1, 0.15) is 0 Å². The van der Waals surface area contributed by atoms with E-state index in [0.29, 0.717) is 43.3 Å². The summed E-state index contributed by atoms with van der Waals surface area (Å²) in [7, 11) is -8.96. The predicted octanol–water partition coefficient (Wildman–Crippen LogP) is 2.52. The second-order valence-corrected chi connectivity index (χ2v) is 10.2. The van der Waals surface area contributed by atoms with Crippen LogP contribution in [0.15, 0.2) is 60.7 Å². The molecular weight excluding hydrogens is 462 g/mol. The molecule has 0 atom stereocenters. The van der Waals surface area contributed by atoms with E-state index in [1.54, 1.807) is 48.5 Å². The van der Waals surface area contributed by atoms with Gasteiger partial charge in [0.15, 0.2) is 28.2 Å². The van der Waals surface area contributed by atoms with Gasteiger partial charge in [-0.25, -0.2) is 0 Å². The first-order chi connectivity index (χ1) is 14.7. The number of hydrogen-bond donors (Lipinski definition) is 4. The lowest BCUT2D eigenvalue weighted by atomic mass is 9.92. The van der Waals surface area contributed by atoms with Gasteiger partial charge in [0.2, 0.25) is 0 Å². The maximum absolute atomic E-state index is 12.4. The smallest absolute Gasteiger partial charge is 0.352 e. The first-order valence-electron chi connectivity index (χ1n) is 8.87. The number of fused-ring (bicyclic) bond motifs is 7. The van der Waals surface area contributed by atoms with Crippen LogP contribution in [0.3, 0.4) is 0 Å². The van der Waals surface area contributed by atoms with Gasteiger partial charge in [-0.15, -0.1) is 8.42 Å². The average Bonchev–Trinajstić information content (AvgIpc) is 2.84. The zero-order chi connectivity index (χ0) is 21.9. The molecule has 0 bridgehead atoms. The molecule has 1 aliphatic rings. The lowest BCUT2D eigenvalue weighted by molar-refractivity contribution is 0.398. The third kappa shape index (κ3) is 3.54. The normalized spacial score (nSPS) is 14.8. The van der Waals surface area contributed by atoms with Gasteiger partial charge in [0, 0.05) is 21.7 Å². The molecule has 0 radical (unpaired) electrons. The summed E-state index contributed by atoms with van der Waals surface area (Å²) in [4.78, 5) is 38.2. The van der Waals surface area contributed by atoms with E-state index in [-0.39, 0.29) is 11.5 Å². The highest BCUT2D eigenvalue weighted by atomic mass is 32.3. The quantitative estimate of drug-likeness (QED) is 0.325. The Kier molecular flexibility index (Phi) is 4.88. The second kappa shape index (κ2) is 7.36. The summed E-state index contributed by atoms with van der Waals surface area (Å²) in [6.45, 7) is 0. The molecule has 4 aromatic rings. The summed E-state index contributed by atoms with van der Waals surface area (Å²) in [6.07, 6.45) is 0. The molecule has 0 saturated heterocycles. The molecule has 1 heterocycles. The Morgan fingerprint density at radius 3 is 1.42 bits per heavy atom. The summed E-state index contributed by atoms with van der Waals surface area (Å²) >= 11 is 0. The molecule has 0 spiro atoms. The standard InChI is InChI=1S/C20H14O8P2S/c21-29(22)13-3-5-15-11(9-13)1-7-17-19(15)20-16-6-4-14(30(23)24)10-12(16)2-8-18(20)28-31(25,26)27-17/h1-10,21-24H. The van der Waals surface area contributed by atoms with Gasteiger partial charge in [-0.1, -0.05) is 24.3 Å². The summed E-state index contributed by atoms with van der Waals surface area (Å²) < 4.78 is 35.2. The zero-order valence-electron chi connectivity index (χ0n) is 15.5. The summed E-state index contributed by atoms with van der Waals surface area (Å²) in [5.41, 5.74) is 0.933. The molecule has 8 nitrogen and oxygen atoms in total. The lowest BCUT2D eigenvalue weighted by Gasteiger charge is -2.14. The number of benzene rings is 4. The molecule has 0 aliphatic carbocycles. The highest BCUT2D eigenvalue weighted by molar-refractivity contribution is 7.82. The van der Waals surface area contributed by atoms with Crippen LogP contribution >= 0.6 is 16.8 Å². The fraction of sp³-hybridized carbons (Fsp3) is 0. The topological polar surface area (TPSA) is 134 Å². The van der Waals surface area contributed by atoms with Crippen LogP contribution in [-0.2, 0) is 10.4 Å². The second-order valence-electron chi connectivity index (χ2n) is 6.84. The Balaban J connectivity index is 1.91. The maximum atomic E-state index is 12.4. The Morgan fingerprint density at radius 1 is 0.613 bits per heavy atom. The largest absolute Gasteiger partial charge is 0.501 e. The Labute approximate surface area is 179 Å². The molecule has 31 heavy (non-hydrogen) atoms. The van der Waals surface area contributed by atoms with Gasteiger partial charge < -0.3 is 27.9 Å². The molecule has 0 amide bonds. The van der Waals surface area contributed by atoms with Gasteiger partial charge in [-0.2, -0.15) is 0 Å². The molecule has 158 valence electrons. The molecule has 0 fully saturated rings. The summed E-state index contributed by atoms with van der Waals surface area (Å²) in [5, 5.41) is 3.27. The summed E-state index contributed by atoms with van der Waals surface area (Å²) in [5.74, 6) is 0.134. The van der Waals surface area contributed by atoms with Crippen LogP contribution in [0.4, 0.5) is 0 Å². The van der Waals surface area contributed by atoms with E-state index >= 15 is 0 Å². The molecular formula is C20H14O8P2S. The lowest BCUT2D eigenvalue weighted by Crippen LogP contribution is -2.15.